The van der Waals surface area contributed by atoms with Crippen LogP contribution in [0.1, 0.15) is 43.5 Å². The Labute approximate surface area is 167 Å². The van der Waals surface area contributed by atoms with E-state index in [1.54, 1.807) is 6.07 Å². The van der Waals surface area contributed by atoms with Gasteiger partial charge in [0.15, 0.2) is 11.5 Å². The molecule has 1 aliphatic rings. The second-order valence-electron chi connectivity index (χ2n) is 6.95. The molecule has 3 rings (SSSR count). The Bertz CT molecular complexity index is 762. The Balaban J connectivity index is 1.62. The van der Waals surface area contributed by atoms with E-state index in [4.69, 9.17) is 14.2 Å². The van der Waals surface area contributed by atoms with E-state index < -0.39 is 0 Å². The summed E-state index contributed by atoms with van der Waals surface area (Å²) in [6.45, 7) is 6.19. The van der Waals surface area contributed by atoms with Crippen LogP contribution in [0.15, 0.2) is 48.5 Å². The van der Waals surface area contributed by atoms with E-state index in [9.17, 15) is 4.79 Å². The van der Waals surface area contributed by atoms with Gasteiger partial charge in [-0.15, -0.1) is 0 Å². The summed E-state index contributed by atoms with van der Waals surface area (Å²) in [5.74, 6) is 2.10. The minimum atomic E-state index is 0.0621. The lowest BCUT2D eigenvalue weighted by Crippen LogP contribution is -2.42. The lowest BCUT2D eigenvalue weighted by molar-refractivity contribution is 0.0635. The number of benzene rings is 2. The number of piperidine rings is 1. The van der Waals surface area contributed by atoms with Crippen LogP contribution in [0.4, 0.5) is 0 Å². The summed E-state index contributed by atoms with van der Waals surface area (Å²) in [6, 6.07) is 15.3. The van der Waals surface area contributed by atoms with Crippen molar-refractivity contribution in [3.63, 3.8) is 0 Å². The van der Waals surface area contributed by atoms with Crippen LogP contribution >= 0.6 is 0 Å². The molecule has 5 nitrogen and oxygen atoms in total. The molecule has 1 atom stereocenters. The van der Waals surface area contributed by atoms with E-state index in [0.717, 1.165) is 25.1 Å². The van der Waals surface area contributed by atoms with E-state index in [0.29, 0.717) is 36.9 Å². The number of rotatable bonds is 8. The number of amides is 1. The van der Waals surface area contributed by atoms with Gasteiger partial charge in [0.25, 0.3) is 5.91 Å². The first-order valence-corrected chi connectivity index (χ1v) is 10.1. The second-order valence-corrected chi connectivity index (χ2v) is 6.95. The summed E-state index contributed by atoms with van der Waals surface area (Å²) >= 11 is 0. The fourth-order valence-corrected chi connectivity index (χ4v) is 3.42. The molecule has 0 bridgehead atoms. The molecule has 1 fully saturated rings. The van der Waals surface area contributed by atoms with Crippen molar-refractivity contribution in [2.45, 2.75) is 39.2 Å². The number of carbonyl (C=O) groups excluding carboxylic acids is 1. The Morgan fingerprint density at radius 3 is 2.54 bits per heavy atom. The van der Waals surface area contributed by atoms with Crippen LogP contribution < -0.4 is 14.2 Å². The summed E-state index contributed by atoms with van der Waals surface area (Å²) in [5, 5.41) is 0. The van der Waals surface area contributed by atoms with Crippen molar-refractivity contribution in [2.24, 2.45) is 0 Å². The summed E-state index contributed by atoms with van der Waals surface area (Å²) < 4.78 is 17.2. The molecule has 28 heavy (non-hydrogen) atoms. The number of hydrogen-bond donors (Lipinski definition) is 0. The Hall–Kier alpha value is -2.69. The van der Waals surface area contributed by atoms with Gasteiger partial charge in [0.2, 0.25) is 0 Å². The highest BCUT2D eigenvalue weighted by Gasteiger charge is 2.25. The summed E-state index contributed by atoms with van der Waals surface area (Å²) in [7, 11) is 0. The predicted octanol–water partition coefficient (Wildman–Crippen LogP) is 4.56. The number of hydrogen-bond acceptors (Lipinski definition) is 4. The quantitative estimate of drug-likeness (QED) is 0.627. The van der Waals surface area contributed by atoms with Crippen LogP contribution in [0, 0.1) is 0 Å². The molecule has 1 saturated heterocycles. The molecule has 150 valence electrons. The van der Waals surface area contributed by atoms with Gasteiger partial charge in [0.1, 0.15) is 19.0 Å². The molecule has 2 aromatic rings. The lowest BCUT2D eigenvalue weighted by atomic mass is 10.0. The smallest absolute Gasteiger partial charge is 0.254 e. The summed E-state index contributed by atoms with van der Waals surface area (Å²) in [4.78, 5) is 14.9. The van der Waals surface area contributed by atoms with Crippen molar-refractivity contribution in [1.82, 2.24) is 4.90 Å². The van der Waals surface area contributed by atoms with Crippen LogP contribution in [-0.4, -0.2) is 43.2 Å². The van der Waals surface area contributed by atoms with Crippen LogP contribution in [0.3, 0.4) is 0 Å². The van der Waals surface area contributed by atoms with E-state index in [2.05, 4.69) is 6.92 Å². The van der Waals surface area contributed by atoms with Gasteiger partial charge in [-0.25, -0.2) is 0 Å². The third-order valence-electron chi connectivity index (χ3n) is 4.91. The summed E-state index contributed by atoms with van der Waals surface area (Å²) in [6.07, 6.45) is 3.32. The maximum absolute atomic E-state index is 12.9. The summed E-state index contributed by atoms with van der Waals surface area (Å²) in [5.41, 5.74) is 0.644. The number of carbonyl (C=O) groups is 1. The molecule has 2 aromatic carbocycles. The molecule has 0 saturated carbocycles. The van der Waals surface area contributed by atoms with Gasteiger partial charge in [-0.2, -0.15) is 0 Å². The highest BCUT2D eigenvalue weighted by atomic mass is 16.5. The molecule has 1 amide bonds. The fraction of sp³-hybridized carbons (Fsp3) is 0.435. The third kappa shape index (κ3) is 5.18. The monoisotopic (exact) mass is 383 g/mol. The Kier molecular flexibility index (Phi) is 7.18. The Morgan fingerprint density at radius 1 is 1.00 bits per heavy atom. The lowest BCUT2D eigenvalue weighted by Gasteiger charge is -2.33. The molecule has 0 radical (unpaired) electrons. The molecule has 0 aromatic heterocycles. The van der Waals surface area contributed by atoms with E-state index >= 15 is 0 Å². The predicted molar refractivity (Wildman–Crippen MR) is 109 cm³/mol. The molecule has 0 aliphatic carbocycles. The maximum Gasteiger partial charge on any atom is 0.254 e. The zero-order valence-corrected chi connectivity index (χ0v) is 16.7. The second kappa shape index (κ2) is 10.0. The van der Waals surface area contributed by atoms with E-state index in [-0.39, 0.29) is 11.9 Å². The largest absolute Gasteiger partial charge is 0.490 e. The highest BCUT2D eigenvalue weighted by molar-refractivity contribution is 5.95. The van der Waals surface area contributed by atoms with Gasteiger partial charge >= 0.3 is 0 Å². The van der Waals surface area contributed by atoms with Crippen LogP contribution in [0.25, 0.3) is 0 Å². The minimum Gasteiger partial charge on any atom is -0.490 e. The molecular weight excluding hydrogens is 354 g/mol. The molecule has 0 spiro atoms. The first-order chi connectivity index (χ1) is 13.7. The van der Waals surface area contributed by atoms with Crippen LogP contribution in [-0.2, 0) is 0 Å². The first kappa shape index (κ1) is 20.1. The molecule has 5 heteroatoms. The van der Waals surface area contributed by atoms with Gasteiger partial charge in [0.05, 0.1) is 6.61 Å². The number of likely N-dealkylation sites (tertiary alicyclic amines) is 1. The zero-order valence-electron chi connectivity index (χ0n) is 16.7. The van der Waals surface area contributed by atoms with Crippen molar-refractivity contribution in [3.8, 4) is 17.2 Å². The number of para-hydroxylation sites is 1. The van der Waals surface area contributed by atoms with E-state index in [1.165, 1.54) is 6.42 Å². The zero-order chi connectivity index (χ0) is 19.8. The van der Waals surface area contributed by atoms with Crippen molar-refractivity contribution in [1.29, 1.82) is 0 Å². The Morgan fingerprint density at radius 2 is 1.79 bits per heavy atom. The van der Waals surface area contributed by atoms with Crippen LogP contribution in [0.5, 0.6) is 17.2 Å². The number of nitrogens with zero attached hydrogens (tertiary/aromatic N) is 1. The van der Waals surface area contributed by atoms with Gasteiger partial charge < -0.3 is 19.1 Å². The van der Waals surface area contributed by atoms with Crippen molar-refractivity contribution in [3.05, 3.63) is 54.1 Å². The molecule has 0 N–H and O–H groups in total. The fourth-order valence-electron chi connectivity index (χ4n) is 3.42. The van der Waals surface area contributed by atoms with E-state index in [1.807, 2.05) is 54.3 Å². The molecular formula is C23H29NO4. The van der Waals surface area contributed by atoms with Crippen molar-refractivity contribution < 1.29 is 19.0 Å². The van der Waals surface area contributed by atoms with Crippen molar-refractivity contribution >= 4 is 5.91 Å². The standard InChI is InChI=1S/C23H29NO4/c1-3-26-22-17-19(23(25)24-14-8-7-9-18(24)2)12-13-21(22)28-16-15-27-20-10-5-4-6-11-20/h4-6,10-13,17-18H,3,7-9,14-16H2,1-2H3. The van der Waals surface area contributed by atoms with Gasteiger partial charge in [-0.3, -0.25) is 4.79 Å². The molecule has 1 aliphatic heterocycles. The number of ether oxygens (including phenoxy) is 3. The minimum absolute atomic E-state index is 0.0621. The van der Waals surface area contributed by atoms with Crippen LogP contribution in [0.2, 0.25) is 0 Å². The van der Waals surface area contributed by atoms with Gasteiger partial charge in [-0.1, -0.05) is 18.2 Å². The maximum atomic E-state index is 12.9. The third-order valence-corrected chi connectivity index (χ3v) is 4.91. The molecule has 1 unspecified atom stereocenters. The average Bonchev–Trinajstić information content (AvgIpc) is 2.73. The van der Waals surface area contributed by atoms with Gasteiger partial charge in [-0.05, 0) is 63.4 Å². The topological polar surface area (TPSA) is 48.0 Å². The van der Waals surface area contributed by atoms with Gasteiger partial charge in [0, 0.05) is 18.2 Å². The van der Waals surface area contributed by atoms with Crippen molar-refractivity contribution in [2.75, 3.05) is 26.4 Å². The SMILES string of the molecule is CCOc1cc(C(=O)N2CCCCC2C)ccc1OCCOc1ccccc1. The first-order valence-electron chi connectivity index (χ1n) is 10.1. The highest BCUT2D eigenvalue weighted by Crippen LogP contribution is 2.30. The average molecular weight is 383 g/mol. The normalized spacial score (nSPS) is 16.5. The molecule has 1 heterocycles.